The topological polar surface area (TPSA) is 42.2 Å². The van der Waals surface area contributed by atoms with Gasteiger partial charge in [-0.25, -0.2) is 0 Å². The van der Waals surface area contributed by atoms with Crippen molar-refractivity contribution in [3.63, 3.8) is 0 Å². The predicted octanol–water partition coefficient (Wildman–Crippen LogP) is 2.65. The van der Waals surface area contributed by atoms with Crippen LogP contribution < -0.4 is 10.6 Å². The quantitative estimate of drug-likeness (QED) is 0.837. The third kappa shape index (κ3) is 3.00. The predicted molar refractivity (Wildman–Crippen MR) is 76.8 cm³/mol. The molecule has 0 unspecified atom stereocenters. The van der Waals surface area contributed by atoms with Crippen molar-refractivity contribution in [2.75, 3.05) is 24.2 Å². The molecule has 3 nitrogen and oxygen atoms in total. The molecule has 0 spiro atoms. The zero-order valence-electron chi connectivity index (χ0n) is 10.9. The van der Waals surface area contributed by atoms with Crippen LogP contribution >= 0.6 is 0 Å². The molecule has 0 bridgehead atoms. The fraction of sp³-hybridized carbons (Fsp3) is 0.267. The Morgan fingerprint density at radius 3 is 2.72 bits per heavy atom. The molecule has 0 aliphatic carbocycles. The van der Waals surface area contributed by atoms with E-state index in [9.17, 15) is 0 Å². The van der Waals surface area contributed by atoms with Gasteiger partial charge >= 0.3 is 0 Å². The molecule has 3 heteroatoms. The lowest BCUT2D eigenvalue weighted by atomic mass is 10.1. The van der Waals surface area contributed by atoms with Crippen molar-refractivity contribution in [1.82, 2.24) is 4.98 Å². The van der Waals surface area contributed by atoms with Crippen LogP contribution in [0.15, 0.2) is 42.6 Å². The number of likely N-dealkylation sites (N-methyl/N-ethyl adjacent to an activating group) is 1. The number of nitrogens with zero attached hydrogens (tertiary/aromatic N) is 2. The SMILES string of the molecule is Cc1cc(N(C)CCc2ccccn2)ccc1N. The molecule has 0 aliphatic heterocycles. The highest BCUT2D eigenvalue weighted by Crippen LogP contribution is 2.19. The van der Waals surface area contributed by atoms with E-state index in [0.29, 0.717) is 0 Å². The number of rotatable bonds is 4. The van der Waals surface area contributed by atoms with Crippen molar-refractivity contribution in [3.05, 3.63) is 53.9 Å². The molecule has 0 aliphatic rings. The Kier molecular flexibility index (Phi) is 3.82. The fourth-order valence-electron chi connectivity index (χ4n) is 1.85. The summed E-state index contributed by atoms with van der Waals surface area (Å²) in [5.41, 5.74) is 10.1. The van der Waals surface area contributed by atoms with Gasteiger partial charge in [0.25, 0.3) is 0 Å². The summed E-state index contributed by atoms with van der Waals surface area (Å²) in [5, 5.41) is 0. The first-order chi connectivity index (χ1) is 8.66. The molecule has 1 aromatic heterocycles. The van der Waals surface area contributed by atoms with Crippen molar-refractivity contribution in [3.8, 4) is 0 Å². The summed E-state index contributed by atoms with van der Waals surface area (Å²) in [4.78, 5) is 6.55. The lowest BCUT2D eigenvalue weighted by molar-refractivity contribution is 0.852. The van der Waals surface area contributed by atoms with Gasteiger partial charge in [-0.1, -0.05) is 6.07 Å². The van der Waals surface area contributed by atoms with Crippen molar-refractivity contribution in [2.24, 2.45) is 0 Å². The molecule has 0 amide bonds. The molecule has 2 rings (SSSR count). The average Bonchev–Trinajstić information content (AvgIpc) is 2.40. The number of nitrogen functional groups attached to an aromatic ring is 1. The van der Waals surface area contributed by atoms with Crippen LogP contribution in [-0.2, 0) is 6.42 Å². The zero-order valence-corrected chi connectivity index (χ0v) is 10.9. The minimum absolute atomic E-state index is 0.844. The maximum atomic E-state index is 5.83. The molecule has 18 heavy (non-hydrogen) atoms. The van der Waals surface area contributed by atoms with Crippen LogP contribution in [0.2, 0.25) is 0 Å². The molecule has 2 aromatic rings. The highest BCUT2D eigenvalue weighted by molar-refractivity contribution is 5.57. The summed E-state index contributed by atoms with van der Waals surface area (Å²) >= 11 is 0. The number of aromatic nitrogens is 1. The monoisotopic (exact) mass is 241 g/mol. The lowest BCUT2D eigenvalue weighted by Crippen LogP contribution is -2.20. The van der Waals surface area contributed by atoms with E-state index in [2.05, 4.69) is 35.1 Å². The van der Waals surface area contributed by atoms with Crippen LogP contribution in [0.3, 0.4) is 0 Å². The van der Waals surface area contributed by atoms with Crippen molar-refractivity contribution < 1.29 is 0 Å². The van der Waals surface area contributed by atoms with E-state index in [1.165, 1.54) is 5.69 Å². The van der Waals surface area contributed by atoms with Gasteiger partial charge in [0.1, 0.15) is 0 Å². The molecule has 0 fully saturated rings. The van der Waals surface area contributed by atoms with Crippen LogP contribution in [0.4, 0.5) is 11.4 Å². The molecule has 0 radical (unpaired) electrons. The Morgan fingerprint density at radius 2 is 2.06 bits per heavy atom. The van der Waals surface area contributed by atoms with E-state index in [1.807, 2.05) is 31.3 Å². The van der Waals surface area contributed by atoms with E-state index in [1.54, 1.807) is 0 Å². The molecule has 94 valence electrons. The Balaban J connectivity index is 1.99. The Bertz CT molecular complexity index is 508. The minimum atomic E-state index is 0.844. The minimum Gasteiger partial charge on any atom is -0.399 e. The maximum Gasteiger partial charge on any atom is 0.0421 e. The summed E-state index contributed by atoms with van der Waals surface area (Å²) in [7, 11) is 2.09. The van der Waals surface area contributed by atoms with Crippen LogP contribution in [0.25, 0.3) is 0 Å². The molecular weight excluding hydrogens is 222 g/mol. The number of benzene rings is 1. The highest BCUT2D eigenvalue weighted by atomic mass is 15.1. The van der Waals surface area contributed by atoms with Gasteiger partial charge in [0.15, 0.2) is 0 Å². The van der Waals surface area contributed by atoms with Gasteiger partial charge in [0.2, 0.25) is 0 Å². The summed E-state index contributed by atoms with van der Waals surface area (Å²) in [6, 6.07) is 12.2. The number of hydrogen-bond acceptors (Lipinski definition) is 3. The summed E-state index contributed by atoms with van der Waals surface area (Å²) in [5.74, 6) is 0. The molecule has 2 N–H and O–H groups in total. The number of nitrogens with two attached hydrogens (primary N) is 1. The van der Waals surface area contributed by atoms with Crippen LogP contribution in [0.5, 0.6) is 0 Å². The van der Waals surface area contributed by atoms with Gasteiger partial charge in [-0.15, -0.1) is 0 Å². The third-order valence-corrected chi connectivity index (χ3v) is 3.12. The van der Waals surface area contributed by atoms with E-state index >= 15 is 0 Å². The van der Waals surface area contributed by atoms with Gasteiger partial charge in [0, 0.05) is 43.3 Å². The van der Waals surface area contributed by atoms with Gasteiger partial charge in [-0.05, 0) is 42.8 Å². The summed E-state index contributed by atoms with van der Waals surface area (Å²) < 4.78 is 0. The second kappa shape index (κ2) is 5.54. The van der Waals surface area contributed by atoms with Crippen LogP contribution in [0.1, 0.15) is 11.3 Å². The first-order valence-corrected chi connectivity index (χ1v) is 6.14. The summed E-state index contributed by atoms with van der Waals surface area (Å²) in [6.45, 7) is 2.98. The van der Waals surface area contributed by atoms with Crippen LogP contribution in [0, 0.1) is 6.92 Å². The summed E-state index contributed by atoms with van der Waals surface area (Å²) in [6.07, 6.45) is 2.78. The van der Waals surface area contributed by atoms with Crippen molar-refractivity contribution in [2.45, 2.75) is 13.3 Å². The molecule has 0 saturated carbocycles. The first kappa shape index (κ1) is 12.4. The Hall–Kier alpha value is -2.03. The molecular formula is C15H19N3. The molecule has 0 saturated heterocycles. The third-order valence-electron chi connectivity index (χ3n) is 3.12. The smallest absolute Gasteiger partial charge is 0.0421 e. The number of aryl methyl sites for hydroxylation is 1. The van der Waals surface area contributed by atoms with E-state index in [-0.39, 0.29) is 0 Å². The van der Waals surface area contributed by atoms with Gasteiger partial charge in [0.05, 0.1) is 0 Å². The van der Waals surface area contributed by atoms with Crippen molar-refractivity contribution >= 4 is 11.4 Å². The molecule has 1 heterocycles. The zero-order chi connectivity index (χ0) is 13.0. The number of hydrogen-bond donors (Lipinski definition) is 1. The number of pyridine rings is 1. The lowest BCUT2D eigenvalue weighted by Gasteiger charge is -2.20. The second-order valence-electron chi connectivity index (χ2n) is 4.53. The average molecular weight is 241 g/mol. The first-order valence-electron chi connectivity index (χ1n) is 6.14. The van der Waals surface area contributed by atoms with Gasteiger partial charge in [-0.3, -0.25) is 4.98 Å². The Morgan fingerprint density at radius 1 is 1.22 bits per heavy atom. The highest BCUT2D eigenvalue weighted by Gasteiger charge is 2.03. The Labute approximate surface area is 108 Å². The number of anilines is 2. The van der Waals surface area contributed by atoms with Gasteiger partial charge < -0.3 is 10.6 Å². The normalized spacial score (nSPS) is 10.3. The fourth-order valence-corrected chi connectivity index (χ4v) is 1.85. The molecule has 1 aromatic carbocycles. The van der Waals surface area contributed by atoms with E-state index in [4.69, 9.17) is 5.73 Å². The largest absolute Gasteiger partial charge is 0.399 e. The van der Waals surface area contributed by atoms with E-state index < -0.39 is 0 Å². The van der Waals surface area contributed by atoms with Gasteiger partial charge in [-0.2, -0.15) is 0 Å². The van der Waals surface area contributed by atoms with E-state index in [0.717, 1.165) is 29.9 Å². The van der Waals surface area contributed by atoms with Crippen molar-refractivity contribution in [1.29, 1.82) is 0 Å². The standard InChI is InChI=1S/C15H19N3/c1-12-11-14(6-7-15(12)16)18(2)10-8-13-5-3-4-9-17-13/h3-7,9,11H,8,10,16H2,1-2H3. The molecule has 0 atom stereocenters. The second-order valence-corrected chi connectivity index (χ2v) is 4.53. The van der Waals surface area contributed by atoms with Crippen LogP contribution in [-0.4, -0.2) is 18.6 Å². The maximum absolute atomic E-state index is 5.83.